The molecule has 1 atom stereocenters. The maximum atomic E-state index is 12.8. The number of hydrogen-bond acceptors (Lipinski definition) is 6. The van der Waals surface area contributed by atoms with Crippen LogP contribution in [0.4, 0.5) is 10.5 Å². The first-order chi connectivity index (χ1) is 14.2. The summed E-state index contributed by atoms with van der Waals surface area (Å²) in [6, 6.07) is 15.7. The molecule has 1 aromatic heterocycles. The van der Waals surface area contributed by atoms with Crippen LogP contribution >= 0.6 is 0 Å². The average Bonchev–Trinajstić information content (AvgIpc) is 3.43. The molecule has 2 aromatic carbocycles. The number of nitrogens with one attached hydrogen (secondary N) is 1. The highest BCUT2D eigenvalue weighted by molar-refractivity contribution is 5.90. The van der Waals surface area contributed by atoms with Crippen molar-refractivity contribution >= 4 is 11.7 Å². The zero-order valence-corrected chi connectivity index (χ0v) is 15.8. The molecule has 8 heteroatoms. The Morgan fingerprint density at radius 3 is 3.00 bits per heavy atom. The third-order valence-corrected chi connectivity index (χ3v) is 4.81. The lowest BCUT2D eigenvalue weighted by Crippen LogP contribution is -2.34. The number of nitriles is 1. The second kappa shape index (κ2) is 8.02. The van der Waals surface area contributed by atoms with Crippen molar-refractivity contribution in [2.45, 2.75) is 18.9 Å². The zero-order chi connectivity index (χ0) is 20.2. The largest absolute Gasteiger partial charge is 0.497 e. The van der Waals surface area contributed by atoms with E-state index >= 15 is 0 Å². The van der Waals surface area contributed by atoms with E-state index in [1.807, 2.05) is 24.3 Å². The summed E-state index contributed by atoms with van der Waals surface area (Å²) in [4.78, 5) is 19.0. The number of rotatable bonds is 4. The Morgan fingerprint density at radius 2 is 2.17 bits per heavy atom. The Labute approximate surface area is 167 Å². The maximum absolute atomic E-state index is 12.8. The fourth-order valence-corrected chi connectivity index (χ4v) is 3.38. The van der Waals surface area contributed by atoms with Crippen LogP contribution in [0, 0.1) is 11.3 Å². The highest BCUT2D eigenvalue weighted by Crippen LogP contribution is 2.33. The molecule has 146 valence electrons. The smallest absolute Gasteiger partial charge is 0.322 e. The van der Waals surface area contributed by atoms with Gasteiger partial charge in [0.2, 0.25) is 11.7 Å². The fraction of sp³-hybridized carbons (Fsp3) is 0.238. The van der Waals surface area contributed by atoms with Crippen LogP contribution in [0.15, 0.2) is 53.1 Å². The molecule has 0 bridgehead atoms. The number of benzene rings is 2. The van der Waals surface area contributed by atoms with Crippen molar-refractivity contribution in [3.8, 4) is 23.2 Å². The second-order valence-corrected chi connectivity index (χ2v) is 6.66. The molecular formula is C21H19N5O3. The molecule has 1 N–H and O–H groups in total. The molecule has 1 aliphatic rings. The number of urea groups is 1. The number of aromatic nitrogens is 2. The number of methoxy groups -OCH3 is 1. The van der Waals surface area contributed by atoms with Gasteiger partial charge in [0.25, 0.3) is 0 Å². The van der Waals surface area contributed by atoms with Crippen molar-refractivity contribution < 1.29 is 14.1 Å². The summed E-state index contributed by atoms with van der Waals surface area (Å²) in [5.74, 6) is 1.56. The minimum atomic E-state index is -0.291. The first-order valence-electron chi connectivity index (χ1n) is 9.24. The molecule has 3 aromatic rings. The predicted molar refractivity (Wildman–Crippen MR) is 105 cm³/mol. The van der Waals surface area contributed by atoms with E-state index in [1.165, 1.54) is 0 Å². The van der Waals surface area contributed by atoms with Crippen LogP contribution in [0.3, 0.4) is 0 Å². The van der Waals surface area contributed by atoms with Crippen molar-refractivity contribution in [2.24, 2.45) is 0 Å². The molecule has 0 saturated carbocycles. The third-order valence-electron chi connectivity index (χ3n) is 4.81. The van der Waals surface area contributed by atoms with Crippen LogP contribution in [-0.4, -0.2) is 34.7 Å². The average molecular weight is 389 g/mol. The van der Waals surface area contributed by atoms with E-state index in [-0.39, 0.29) is 12.1 Å². The van der Waals surface area contributed by atoms with E-state index in [0.29, 0.717) is 35.3 Å². The van der Waals surface area contributed by atoms with Crippen LogP contribution in [0.5, 0.6) is 5.75 Å². The first kappa shape index (κ1) is 18.5. The summed E-state index contributed by atoms with van der Waals surface area (Å²) in [5.41, 5.74) is 1.84. The van der Waals surface area contributed by atoms with Gasteiger partial charge in [-0.3, -0.25) is 0 Å². The second-order valence-electron chi connectivity index (χ2n) is 6.66. The highest BCUT2D eigenvalue weighted by Gasteiger charge is 2.34. The minimum Gasteiger partial charge on any atom is -0.497 e. The quantitative estimate of drug-likeness (QED) is 0.723. The van der Waals surface area contributed by atoms with Crippen LogP contribution in [0.2, 0.25) is 0 Å². The third kappa shape index (κ3) is 3.89. The highest BCUT2D eigenvalue weighted by atomic mass is 16.5. The lowest BCUT2D eigenvalue weighted by Gasteiger charge is -2.22. The van der Waals surface area contributed by atoms with Crippen molar-refractivity contribution in [1.29, 1.82) is 5.26 Å². The van der Waals surface area contributed by atoms with Crippen molar-refractivity contribution in [3.63, 3.8) is 0 Å². The van der Waals surface area contributed by atoms with Crippen molar-refractivity contribution in [3.05, 3.63) is 60.0 Å². The Hall–Kier alpha value is -3.86. The number of ether oxygens (including phenoxy) is 1. The molecule has 0 spiro atoms. The number of likely N-dealkylation sites (tertiary alicyclic amines) is 1. The van der Waals surface area contributed by atoms with Crippen molar-refractivity contribution in [1.82, 2.24) is 15.0 Å². The molecule has 29 heavy (non-hydrogen) atoms. The van der Waals surface area contributed by atoms with Gasteiger partial charge in [0, 0.05) is 17.8 Å². The number of anilines is 1. The van der Waals surface area contributed by atoms with E-state index < -0.39 is 0 Å². The molecule has 2 amide bonds. The topological polar surface area (TPSA) is 104 Å². The van der Waals surface area contributed by atoms with Gasteiger partial charge in [0.15, 0.2) is 0 Å². The summed E-state index contributed by atoms with van der Waals surface area (Å²) in [6.45, 7) is 0.589. The van der Waals surface area contributed by atoms with Crippen LogP contribution in [-0.2, 0) is 0 Å². The van der Waals surface area contributed by atoms with Gasteiger partial charge >= 0.3 is 6.03 Å². The van der Waals surface area contributed by atoms with Gasteiger partial charge in [0.05, 0.1) is 18.7 Å². The van der Waals surface area contributed by atoms with E-state index in [1.54, 1.807) is 36.3 Å². The maximum Gasteiger partial charge on any atom is 0.322 e. The molecule has 1 saturated heterocycles. The number of carbonyl (C=O) groups excluding carboxylic acids is 1. The van der Waals surface area contributed by atoms with E-state index in [4.69, 9.17) is 14.5 Å². The van der Waals surface area contributed by atoms with Gasteiger partial charge in [-0.25, -0.2) is 4.79 Å². The van der Waals surface area contributed by atoms with E-state index in [2.05, 4.69) is 21.5 Å². The van der Waals surface area contributed by atoms with Crippen molar-refractivity contribution in [2.75, 3.05) is 19.0 Å². The van der Waals surface area contributed by atoms with Gasteiger partial charge in [-0.2, -0.15) is 10.2 Å². The van der Waals surface area contributed by atoms with Gasteiger partial charge in [-0.1, -0.05) is 23.4 Å². The Balaban J connectivity index is 1.52. The number of nitrogens with zero attached hydrogens (tertiary/aromatic N) is 4. The summed E-state index contributed by atoms with van der Waals surface area (Å²) in [6.07, 6.45) is 1.58. The summed E-state index contributed by atoms with van der Waals surface area (Å²) < 4.78 is 10.7. The fourth-order valence-electron chi connectivity index (χ4n) is 3.38. The predicted octanol–water partition coefficient (Wildman–Crippen LogP) is 3.99. The lowest BCUT2D eigenvalue weighted by atomic mass is 10.2. The molecule has 0 radical (unpaired) electrons. The number of carbonyl (C=O) groups is 1. The molecular weight excluding hydrogens is 370 g/mol. The van der Waals surface area contributed by atoms with Crippen LogP contribution in [0.25, 0.3) is 11.4 Å². The normalized spacial score (nSPS) is 15.7. The molecule has 4 rings (SSSR count). The van der Waals surface area contributed by atoms with Gasteiger partial charge in [-0.15, -0.1) is 0 Å². The number of hydrogen-bond donors (Lipinski definition) is 1. The van der Waals surface area contributed by atoms with Gasteiger partial charge in [0.1, 0.15) is 11.8 Å². The Kier molecular flexibility index (Phi) is 5.12. The monoisotopic (exact) mass is 389 g/mol. The SMILES string of the molecule is COc1cccc(-c2noc(C3CCCN3C(=O)Nc3cccc(C#N)c3)n2)c1. The first-order valence-corrected chi connectivity index (χ1v) is 9.24. The lowest BCUT2D eigenvalue weighted by molar-refractivity contribution is 0.193. The summed E-state index contributed by atoms with van der Waals surface area (Å²) >= 11 is 0. The summed E-state index contributed by atoms with van der Waals surface area (Å²) in [5, 5.41) is 15.9. The van der Waals surface area contributed by atoms with Crippen LogP contribution in [0.1, 0.15) is 30.3 Å². The zero-order valence-electron chi connectivity index (χ0n) is 15.8. The standard InChI is InChI=1S/C21H19N5O3/c1-28-17-8-3-6-15(12-17)19-24-20(29-25-19)18-9-4-10-26(18)21(27)23-16-7-2-5-14(11-16)13-22/h2-3,5-8,11-12,18H,4,9-10H2,1H3,(H,23,27). The molecule has 1 unspecified atom stereocenters. The minimum absolute atomic E-state index is 0.260. The van der Waals surface area contributed by atoms with E-state index in [9.17, 15) is 4.79 Å². The van der Waals surface area contributed by atoms with Crippen LogP contribution < -0.4 is 10.1 Å². The van der Waals surface area contributed by atoms with Gasteiger partial charge < -0.3 is 19.5 Å². The molecule has 1 fully saturated rings. The Morgan fingerprint density at radius 1 is 1.31 bits per heavy atom. The summed E-state index contributed by atoms with van der Waals surface area (Å²) in [7, 11) is 1.60. The Bertz CT molecular complexity index is 1070. The van der Waals surface area contributed by atoms with E-state index in [0.717, 1.165) is 18.4 Å². The molecule has 2 heterocycles. The number of amides is 2. The molecule has 8 nitrogen and oxygen atoms in total. The molecule has 1 aliphatic heterocycles. The van der Waals surface area contributed by atoms with Gasteiger partial charge in [-0.05, 0) is 43.2 Å². The molecule has 0 aliphatic carbocycles.